The Balaban J connectivity index is 2.10. The second-order valence-electron chi connectivity index (χ2n) is 4.11. The number of rotatable bonds is 6. The third-order valence-electron chi connectivity index (χ3n) is 2.92. The van der Waals surface area contributed by atoms with E-state index < -0.39 is 0 Å². The quantitative estimate of drug-likeness (QED) is 0.677. The van der Waals surface area contributed by atoms with E-state index in [4.69, 9.17) is 9.84 Å². The second-order valence-corrected chi connectivity index (χ2v) is 4.11. The SMILES string of the molecule is CCC(CCO)NCC1CCCOC1. The minimum atomic E-state index is 0.284. The molecule has 0 saturated carbocycles. The van der Waals surface area contributed by atoms with E-state index >= 15 is 0 Å². The van der Waals surface area contributed by atoms with E-state index in [9.17, 15) is 0 Å². The van der Waals surface area contributed by atoms with Crippen LogP contribution in [0.25, 0.3) is 0 Å². The van der Waals surface area contributed by atoms with Gasteiger partial charge in [-0.15, -0.1) is 0 Å². The molecule has 84 valence electrons. The Morgan fingerprint density at radius 3 is 3.00 bits per heavy atom. The third-order valence-corrected chi connectivity index (χ3v) is 2.92. The second kappa shape index (κ2) is 7.21. The van der Waals surface area contributed by atoms with Crippen LogP contribution >= 0.6 is 0 Å². The van der Waals surface area contributed by atoms with Gasteiger partial charge in [0.15, 0.2) is 0 Å². The zero-order valence-electron chi connectivity index (χ0n) is 9.17. The molecule has 1 rings (SSSR count). The molecular weight excluding hydrogens is 178 g/mol. The van der Waals surface area contributed by atoms with Crippen LogP contribution in [0.4, 0.5) is 0 Å². The number of nitrogens with one attached hydrogen (secondary N) is 1. The van der Waals surface area contributed by atoms with E-state index in [-0.39, 0.29) is 6.61 Å². The zero-order valence-corrected chi connectivity index (χ0v) is 9.17. The largest absolute Gasteiger partial charge is 0.396 e. The highest BCUT2D eigenvalue weighted by molar-refractivity contribution is 4.70. The summed E-state index contributed by atoms with van der Waals surface area (Å²) in [5, 5.41) is 12.3. The first-order valence-electron chi connectivity index (χ1n) is 5.78. The maximum absolute atomic E-state index is 8.84. The molecule has 3 heteroatoms. The fraction of sp³-hybridized carbons (Fsp3) is 1.00. The molecule has 0 radical (unpaired) electrons. The average molecular weight is 201 g/mol. The molecule has 3 nitrogen and oxygen atoms in total. The van der Waals surface area contributed by atoms with Gasteiger partial charge in [-0.1, -0.05) is 6.92 Å². The molecule has 2 N–H and O–H groups in total. The minimum Gasteiger partial charge on any atom is -0.396 e. The molecule has 1 aliphatic rings. The molecule has 0 amide bonds. The third kappa shape index (κ3) is 4.40. The Morgan fingerprint density at radius 2 is 2.43 bits per heavy atom. The summed E-state index contributed by atoms with van der Waals surface area (Å²) in [6.07, 6.45) is 4.43. The molecule has 0 aromatic rings. The van der Waals surface area contributed by atoms with Crippen LogP contribution in [0.5, 0.6) is 0 Å². The van der Waals surface area contributed by atoms with E-state index in [1.54, 1.807) is 0 Å². The highest BCUT2D eigenvalue weighted by Crippen LogP contribution is 2.12. The van der Waals surface area contributed by atoms with Crippen molar-refractivity contribution in [2.75, 3.05) is 26.4 Å². The summed E-state index contributed by atoms with van der Waals surface area (Å²) in [7, 11) is 0. The molecule has 1 fully saturated rings. The number of aliphatic hydroxyl groups excluding tert-OH is 1. The number of ether oxygens (including phenoxy) is 1. The van der Waals surface area contributed by atoms with Gasteiger partial charge in [0.2, 0.25) is 0 Å². The summed E-state index contributed by atoms with van der Waals surface area (Å²) in [4.78, 5) is 0. The minimum absolute atomic E-state index is 0.284. The summed E-state index contributed by atoms with van der Waals surface area (Å²) in [5.74, 6) is 0.677. The van der Waals surface area contributed by atoms with Gasteiger partial charge in [-0.25, -0.2) is 0 Å². The van der Waals surface area contributed by atoms with E-state index in [0.29, 0.717) is 12.0 Å². The predicted octanol–water partition coefficient (Wildman–Crippen LogP) is 1.16. The summed E-state index contributed by atoms with van der Waals surface area (Å²) < 4.78 is 5.42. The highest BCUT2D eigenvalue weighted by atomic mass is 16.5. The molecule has 0 aromatic carbocycles. The fourth-order valence-corrected chi connectivity index (χ4v) is 1.91. The molecule has 1 heterocycles. The van der Waals surface area contributed by atoms with Crippen LogP contribution < -0.4 is 5.32 Å². The van der Waals surface area contributed by atoms with Crippen molar-refractivity contribution in [3.8, 4) is 0 Å². The van der Waals surface area contributed by atoms with Crippen molar-refractivity contribution >= 4 is 0 Å². The van der Waals surface area contributed by atoms with Crippen molar-refractivity contribution in [2.45, 2.75) is 38.6 Å². The average Bonchev–Trinajstić information content (AvgIpc) is 2.25. The molecule has 2 unspecified atom stereocenters. The van der Waals surface area contributed by atoms with Gasteiger partial charge < -0.3 is 15.2 Å². The Kier molecular flexibility index (Phi) is 6.15. The van der Waals surface area contributed by atoms with Crippen molar-refractivity contribution in [3.63, 3.8) is 0 Å². The maximum atomic E-state index is 8.84. The van der Waals surface area contributed by atoms with Crippen molar-refractivity contribution in [3.05, 3.63) is 0 Å². The standard InChI is InChI=1S/C11H23NO2/c1-2-11(5-6-13)12-8-10-4-3-7-14-9-10/h10-13H,2-9H2,1H3. The van der Waals surface area contributed by atoms with E-state index in [1.165, 1.54) is 12.8 Å². The molecule has 1 saturated heterocycles. The van der Waals surface area contributed by atoms with Gasteiger partial charge in [0, 0.05) is 25.8 Å². The maximum Gasteiger partial charge on any atom is 0.0506 e. The van der Waals surface area contributed by atoms with Crippen LogP contribution in [0.3, 0.4) is 0 Å². The molecule has 0 aliphatic carbocycles. The zero-order chi connectivity index (χ0) is 10.2. The molecule has 2 atom stereocenters. The lowest BCUT2D eigenvalue weighted by molar-refractivity contribution is 0.0534. The number of aliphatic hydroxyl groups is 1. The molecule has 1 aliphatic heterocycles. The van der Waals surface area contributed by atoms with E-state index in [0.717, 1.165) is 32.6 Å². The van der Waals surface area contributed by atoms with Crippen molar-refractivity contribution in [1.82, 2.24) is 5.32 Å². The molecule has 0 bridgehead atoms. The first-order valence-corrected chi connectivity index (χ1v) is 5.78. The highest BCUT2D eigenvalue weighted by Gasteiger charge is 2.14. The lowest BCUT2D eigenvalue weighted by atomic mass is 10.0. The van der Waals surface area contributed by atoms with Crippen LogP contribution in [0.2, 0.25) is 0 Å². The lowest BCUT2D eigenvalue weighted by Crippen LogP contribution is -2.36. The fourth-order valence-electron chi connectivity index (χ4n) is 1.91. The van der Waals surface area contributed by atoms with Gasteiger partial charge in [-0.3, -0.25) is 0 Å². The van der Waals surface area contributed by atoms with Gasteiger partial charge in [0.25, 0.3) is 0 Å². The summed E-state index contributed by atoms with van der Waals surface area (Å²) >= 11 is 0. The van der Waals surface area contributed by atoms with Crippen molar-refractivity contribution in [1.29, 1.82) is 0 Å². The Morgan fingerprint density at radius 1 is 1.57 bits per heavy atom. The van der Waals surface area contributed by atoms with Gasteiger partial charge in [-0.05, 0) is 31.6 Å². The first kappa shape index (κ1) is 12.0. The van der Waals surface area contributed by atoms with Crippen LogP contribution in [0, 0.1) is 5.92 Å². The predicted molar refractivity (Wildman–Crippen MR) is 57.3 cm³/mol. The van der Waals surface area contributed by atoms with Gasteiger partial charge in [0.1, 0.15) is 0 Å². The van der Waals surface area contributed by atoms with Crippen molar-refractivity contribution < 1.29 is 9.84 Å². The van der Waals surface area contributed by atoms with Crippen LogP contribution in [0.1, 0.15) is 32.6 Å². The van der Waals surface area contributed by atoms with E-state index in [2.05, 4.69) is 12.2 Å². The van der Waals surface area contributed by atoms with Crippen LogP contribution in [-0.2, 0) is 4.74 Å². The monoisotopic (exact) mass is 201 g/mol. The van der Waals surface area contributed by atoms with Crippen LogP contribution in [0.15, 0.2) is 0 Å². The van der Waals surface area contributed by atoms with Gasteiger partial charge >= 0.3 is 0 Å². The molecule has 0 aromatic heterocycles. The molecule has 14 heavy (non-hydrogen) atoms. The topological polar surface area (TPSA) is 41.5 Å². The first-order chi connectivity index (χ1) is 6.86. The van der Waals surface area contributed by atoms with Crippen LogP contribution in [-0.4, -0.2) is 37.5 Å². The summed E-state index contributed by atoms with van der Waals surface area (Å²) in [6, 6.07) is 0.474. The molecular formula is C11H23NO2. The Labute approximate surface area is 86.8 Å². The van der Waals surface area contributed by atoms with E-state index in [1.807, 2.05) is 0 Å². The van der Waals surface area contributed by atoms with Gasteiger partial charge in [0.05, 0.1) is 6.61 Å². The number of hydrogen-bond acceptors (Lipinski definition) is 3. The molecule has 0 spiro atoms. The Hall–Kier alpha value is -0.120. The smallest absolute Gasteiger partial charge is 0.0506 e. The Bertz CT molecular complexity index is 130. The van der Waals surface area contributed by atoms with Gasteiger partial charge in [-0.2, -0.15) is 0 Å². The lowest BCUT2D eigenvalue weighted by Gasteiger charge is -2.25. The summed E-state index contributed by atoms with van der Waals surface area (Å²) in [5.41, 5.74) is 0. The number of hydrogen-bond donors (Lipinski definition) is 2. The summed E-state index contributed by atoms with van der Waals surface area (Å²) in [6.45, 7) is 5.32. The normalized spacial score (nSPS) is 24.9. The van der Waals surface area contributed by atoms with Crippen molar-refractivity contribution in [2.24, 2.45) is 5.92 Å².